The molecule has 2 atom stereocenters. The lowest BCUT2D eigenvalue weighted by Crippen LogP contribution is -2.42. The van der Waals surface area contributed by atoms with Crippen molar-refractivity contribution in [3.05, 3.63) is 48.0 Å². The van der Waals surface area contributed by atoms with E-state index >= 15 is 0 Å². The average Bonchev–Trinajstić information content (AvgIpc) is 2.96. The van der Waals surface area contributed by atoms with Gasteiger partial charge < -0.3 is 0 Å². The van der Waals surface area contributed by atoms with Crippen LogP contribution < -0.4 is 11.3 Å². The Balaban J connectivity index is 2.20. The minimum absolute atomic E-state index is 0.138. The Hall–Kier alpha value is -1.72. The number of rotatable bonds is 7. The molecule has 2 aromatic rings. The maximum atomic E-state index is 5.82. The number of nitrogens with two attached hydrogens (primary N) is 1. The Morgan fingerprint density at radius 1 is 1.24 bits per heavy atom. The van der Waals surface area contributed by atoms with E-state index in [1.807, 2.05) is 10.7 Å². The molecule has 0 spiro atoms. The maximum Gasteiger partial charge on any atom is 0.138 e. The Morgan fingerprint density at radius 3 is 2.52 bits per heavy atom. The molecule has 0 amide bonds. The number of hydrazine groups is 1. The summed E-state index contributed by atoms with van der Waals surface area (Å²) >= 11 is 0. The predicted molar refractivity (Wildman–Crippen MR) is 84.7 cm³/mol. The lowest BCUT2D eigenvalue weighted by molar-refractivity contribution is 0.402. The maximum absolute atomic E-state index is 5.82. The van der Waals surface area contributed by atoms with Crippen molar-refractivity contribution in [1.82, 2.24) is 20.2 Å². The quantitative estimate of drug-likeness (QED) is 0.606. The normalized spacial score (nSPS) is 14.3. The molecule has 0 fully saturated rings. The van der Waals surface area contributed by atoms with E-state index < -0.39 is 0 Å². The number of hydrogen-bond donors (Lipinski definition) is 2. The summed E-state index contributed by atoms with van der Waals surface area (Å²) in [5.74, 6) is 7.15. The summed E-state index contributed by atoms with van der Waals surface area (Å²) in [7, 11) is 0. The molecule has 114 valence electrons. The van der Waals surface area contributed by atoms with Crippen molar-refractivity contribution in [3.63, 3.8) is 0 Å². The second kappa shape index (κ2) is 7.33. The van der Waals surface area contributed by atoms with E-state index in [1.165, 1.54) is 5.56 Å². The van der Waals surface area contributed by atoms with Gasteiger partial charge >= 0.3 is 0 Å². The van der Waals surface area contributed by atoms with Gasteiger partial charge in [0, 0.05) is 24.4 Å². The summed E-state index contributed by atoms with van der Waals surface area (Å²) in [5, 5.41) is 4.30. The molecular formula is C16H25N5. The summed E-state index contributed by atoms with van der Waals surface area (Å²) in [6.45, 7) is 6.41. The Kier molecular flexibility index (Phi) is 5.47. The van der Waals surface area contributed by atoms with Crippen LogP contribution in [0.5, 0.6) is 0 Å². The molecule has 21 heavy (non-hydrogen) atoms. The Labute approximate surface area is 126 Å². The van der Waals surface area contributed by atoms with Crippen LogP contribution in [0, 0.1) is 0 Å². The molecule has 5 heteroatoms. The summed E-state index contributed by atoms with van der Waals surface area (Å²) in [4.78, 5) is 4.39. The molecule has 0 saturated heterocycles. The van der Waals surface area contributed by atoms with Gasteiger partial charge in [0.25, 0.3) is 0 Å². The molecule has 5 nitrogen and oxygen atoms in total. The molecular weight excluding hydrogens is 262 g/mol. The van der Waals surface area contributed by atoms with Gasteiger partial charge in [0.15, 0.2) is 0 Å². The first kappa shape index (κ1) is 15.7. The molecule has 0 radical (unpaired) electrons. The van der Waals surface area contributed by atoms with Gasteiger partial charge in [-0.1, -0.05) is 37.3 Å². The van der Waals surface area contributed by atoms with Crippen molar-refractivity contribution >= 4 is 0 Å². The van der Waals surface area contributed by atoms with Gasteiger partial charge in [0.1, 0.15) is 12.2 Å². The van der Waals surface area contributed by atoms with Gasteiger partial charge in [0.05, 0.1) is 0 Å². The smallest absolute Gasteiger partial charge is 0.138 e. The molecule has 3 N–H and O–H groups in total. The Bertz CT molecular complexity index is 535. The zero-order valence-corrected chi connectivity index (χ0v) is 13.0. The van der Waals surface area contributed by atoms with Crippen LogP contribution in [0.15, 0.2) is 36.7 Å². The minimum Gasteiger partial charge on any atom is -0.271 e. The van der Waals surface area contributed by atoms with Crippen LogP contribution in [-0.2, 0) is 6.42 Å². The van der Waals surface area contributed by atoms with Gasteiger partial charge in [0.2, 0.25) is 0 Å². The van der Waals surface area contributed by atoms with Gasteiger partial charge in [-0.3, -0.25) is 11.3 Å². The van der Waals surface area contributed by atoms with Gasteiger partial charge in [-0.05, 0) is 25.8 Å². The van der Waals surface area contributed by atoms with Crippen LogP contribution in [0.4, 0.5) is 0 Å². The van der Waals surface area contributed by atoms with Gasteiger partial charge in [-0.15, -0.1) is 0 Å². The van der Waals surface area contributed by atoms with Crippen LogP contribution in [0.3, 0.4) is 0 Å². The van der Waals surface area contributed by atoms with E-state index in [4.69, 9.17) is 5.84 Å². The number of aromatic nitrogens is 3. The number of hydrogen-bond acceptors (Lipinski definition) is 4. The van der Waals surface area contributed by atoms with Crippen LogP contribution >= 0.6 is 0 Å². The highest BCUT2D eigenvalue weighted by molar-refractivity contribution is 5.21. The lowest BCUT2D eigenvalue weighted by atomic mass is 9.87. The zero-order chi connectivity index (χ0) is 15.2. The fourth-order valence-corrected chi connectivity index (χ4v) is 2.82. The third kappa shape index (κ3) is 3.68. The van der Waals surface area contributed by atoms with Crippen molar-refractivity contribution in [2.75, 3.05) is 0 Å². The van der Waals surface area contributed by atoms with E-state index in [0.717, 1.165) is 18.7 Å². The Morgan fingerprint density at radius 2 is 1.95 bits per heavy atom. The fourth-order valence-electron chi connectivity index (χ4n) is 2.82. The lowest BCUT2D eigenvalue weighted by Gasteiger charge is -2.26. The van der Waals surface area contributed by atoms with Gasteiger partial charge in [-0.2, -0.15) is 5.10 Å². The molecule has 0 aliphatic heterocycles. The standard InChI is InChI=1S/C16H25N5/c1-4-14(13-8-6-5-7-9-13)15(20-17)10-16-18-11-19-21(16)12(2)3/h5-9,11-12,14-15,20H,4,10,17H2,1-3H3. The van der Waals surface area contributed by atoms with E-state index in [-0.39, 0.29) is 6.04 Å². The second-order valence-electron chi connectivity index (χ2n) is 5.62. The summed E-state index contributed by atoms with van der Waals surface area (Å²) < 4.78 is 1.96. The first-order valence-electron chi connectivity index (χ1n) is 7.56. The molecule has 1 aromatic carbocycles. The van der Waals surface area contributed by atoms with E-state index in [2.05, 4.69) is 60.5 Å². The highest BCUT2D eigenvalue weighted by atomic mass is 15.3. The molecule has 0 aliphatic carbocycles. The fraction of sp³-hybridized carbons (Fsp3) is 0.500. The summed E-state index contributed by atoms with van der Waals surface area (Å²) in [6, 6.07) is 10.9. The topological polar surface area (TPSA) is 68.8 Å². The number of nitrogens with zero attached hydrogens (tertiary/aromatic N) is 3. The average molecular weight is 287 g/mol. The molecule has 0 bridgehead atoms. The van der Waals surface area contributed by atoms with Crippen molar-refractivity contribution in [2.45, 2.75) is 51.6 Å². The van der Waals surface area contributed by atoms with Crippen molar-refractivity contribution in [1.29, 1.82) is 0 Å². The third-order valence-corrected chi connectivity index (χ3v) is 3.91. The molecule has 1 aromatic heterocycles. The molecule has 2 unspecified atom stereocenters. The molecule has 0 saturated carbocycles. The van der Waals surface area contributed by atoms with E-state index in [9.17, 15) is 0 Å². The highest BCUT2D eigenvalue weighted by Crippen LogP contribution is 2.25. The first-order valence-corrected chi connectivity index (χ1v) is 7.56. The molecule has 1 heterocycles. The predicted octanol–water partition coefficient (Wildman–Crippen LogP) is 2.43. The van der Waals surface area contributed by atoms with Crippen LogP contribution in [0.1, 0.15) is 50.5 Å². The monoisotopic (exact) mass is 287 g/mol. The largest absolute Gasteiger partial charge is 0.271 e. The molecule has 2 rings (SSSR count). The van der Waals surface area contributed by atoms with Crippen LogP contribution in [0.2, 0.25) is 0 Å². The summed E-state index contributed by atoms with van der Waals surface area (Å²) in [5.41, 5.74) is 4.28. The molecule has 0 aliphatic rings. The first-order chi connectivity index (χ1) is 10.2. The van der Waals surface area contributed by atoms with E-state index in [1.54, 1.807) is 6.33 Å². The van der Waals surface area contributed by atoms with Crippen LogP contribution in [-0.4, -0.2) is 20.8 Å². The number of benzene rings is 1. The SMILES string of the molecule is CCC(c1ccccc1)C(Cc1ncnn1C(C)C)NN. The zero-order valence-electron chi connectivity index (χ0n) is 13.0. The van der Waals surface area contributed by atoms with Crippen molar-refractivity contribution in [3.8, 4) is 0 Å². The highest BCUT2D eigenvalue weighted by Gasteiger charge is 2.23. The minimum atomic E-state index is 0.138. The second-order valence-corrected chi connectivity index (χ2v) is 5.62. The number of nitrogens with one attached hydrogen (secondary N) is 1. The van der Waals surface area contributed by atoms with Crippen molar-refractivity contribution in [2.24, 2.45) is 5.84 Å². The third-order valence-electron chi connectivity index (χ3n) is 3.91. The van der Waals surface area contributed by atoms with E-state index in [0.29, 0.717) is 12.0 Å². The van der Waals surface area contributed by atoms with Crippen LogP contribution in [0.25, 0.3) is 0 Å². The summed E-state index contributed by atoms with van der Waals surface area (Å²) in [6.07, 6.45) is 3.41. The van der Waals surface area contributed by atoms with Crippen molar-refractivity contribution < 1.29 is 0 Å². The van der Waals surface area contributed by atoms with Gasteiger partial charge in [-0.25, -0.2) is 9.67 Å².